The summed E-state index contributed by atoms with van der Waals surface area (Å²) in [6.45, 7) is 7.19. The normalized spacial score (nSPS) is 18.7. The second kappa shape index (κ2) is 7.29. The third-order valence-electron chi connectivity index (χ3n) is 3.84. The van der Waals surface area contributed by atoms with E-state index in [1.807, 2.05) is 32.2 Å². The molecule has 0 spiro atoms. The van der Waals surface area contributed by atoms with Crippen molar-refractivity contribution in [3.8, 4) is 0 Å². The SMILES string of the molecule is CCC1CCCCN1c1ccc(NC(=O)NC(C)C)nc1. The zero-order valence-corrected chi connectivity index (χ0v) is 13.2. The highest BCUT2D eigenvalue weighted by Gasteiger charge is 2.21. The largest absolute Gasteiger partial charge is 0.367 e. The molecule has 1 atom stereocenters. The van der Waals surface area contributed by atoms with Gasteiger partial charge < -0.3 is 10.2 Å². The Bertz CT molecular complexity index is 458. The average molecular weight is 290 g/mol. The number of carbonyl (C=O) groups is 1. The van der Waals surface area contributed by atoms with Crippen LogP contribution in [-0.2, 0) is 0 Å². The Balaban J connectivity index is 1.99. The molecule has 5 heteroatoms. The van der Waals surface area contributed by atoms with Crippen LogP contribution in [0.3, 0.4) is 0 Å². The van der Waals surface area contributed by atoms with Crippen molar-refractivity contribution in [2.24, 2.45) is 0 Å². The Morgan fingerprint density at radius 1 is 1.43 bits per heavy atom. The van der Waals surface area contributed by atoms with Crippen molar-refractivity contribution in [1.82, 2.24) is 10.3 Å². The highest BCUT2D eigenvalue weighted by atomic mass is 16.2. The number of pyridine rings is 1. The molecule has 0 bridgehead atoms. The van der Waals surface area contributed by atoms with Gasteiger partial charge in [0.1, 0.15) is 5.82 Å². The van der Waals surface area contributed by atoms with Crippen LogP contribution in [0.1, 0.15) is 46.5 Å². The molecule has 2 amide bonds. The zero-order chi connectivity index (χ0) is 15.2. The van der Waals surface area contributed by atoms with E-state index in [1.54, 1.807) is 0 Å². The molecule has 2 N–H and O–H groups in total. The van der Waals surface area contributed by atoms with Crippen LogP contribution in [0.15, 0.2) is 18.3 Å². The molecule has 2 rings (SSSR count). The van der Waals surface area contributed by atoms with Gasteiger partial charge in [-0.15, -0.1) is 0 Å². The standard InChI is InChI=1S/C16H26N4O/c1-4-13-7-5-6-10-20(13)14-8-9-15(17-11-14)19-16(21)18-12(2)3/h8-9,11-13H,4-7,10H2,1-3H3,(H2,17,18,19,21). The van der Waals surface area contributed by atoms with Gasteiger partial charge in [0.2, 0.25) is 0 Å². The number of rotatable bonds is 4. The van der Waals surface area contributed by atoms with Crippen LogP contribution in [0.2, 0.25) is 0 Å². The highest BCUT2D eigenvalue weighted by Crippen LogP contribution is 2.26. The van der Waals surface area contributed by atoms with Gasteiger partial charge in [0.05, 0.1) is 11.9 Å². The summed E-state index contributed by atoms with van der Waals surface area (Å²) in [5.41, 5.74) is 1.15. The van der Waals surface area contributed by atoms with Crippen molar-refractivity contribution in [3.05, 3.63) is 18.3 Å². The van der Waals surface area contributed by atoms with Gasteiger partial charge >= 0.3 is 6.03 Å². The smallest absolute Gasteiger partial charge is 0.320 e. The van der Waals surface area contributed by atoms with Crippen LogP contribution >= 0.6 is 0 Å². The molecular formula is C16H26N4O. The van der Waals surface area contributed by atoms with Crippen molar-refractivity contribution in [3.63, 3.8) is 0 Å². The number of piperidine rings is 1. The first-order chi connectivity index (χ1) is 10.1. The molecule has 116 valence electrons. The van der Waals surface area contributed by atoms with Gasteiger partial charge in [-0.3, -0.25) is 5.32 Å². The number of anilines is 2. The predicted molar refractivity (Wildman–Crippen MR) is 86.8 cm³/mol. The minimum Gasteiger partial charge on any atom is -0.367 e. The number of carbonyl (C=O) groups excluding carboxylic acids is 1. The fraction of sp³-hybridized carbons (Fsp3) is 0.625. The molecule has 1 unspecified atom stereocenters. The number of aromatic nitrogens is 1. The number of amides is 2. The maximum Gasteiger partial charge on any atom is 0.320 e. The fourth-order valence-corrected chi connectivity index (χ4v) is 2.81. The monoisotopic (exact) mass is 290 g/mol. The van der Waals surface area contributed by atoms with Gasteiger partial charge in [0, 0.05) is 18.6 Å². The van der Waals surface area contributed by atoms with Gasteiger partial charge in [-0.1, -0.05) is 6.92 Å². The molecule has 1 aliphatic rings. The summed E-state index contributed by atoms with van der Waals surface area (Å²) in [6.07, 6.45) is 6.84. The van der Waals surface area contributed by atoms with E-state index in [9.17, 15) is 4.79 Å². The number of nitrogens with zero attached hydrogens (tertiary/aromatic N) is 2. The number of hydrogen-bond donors (Lipinski definition) is 2. The molecular weight excluding hydrogens is 264 g/mol. The minimum absolute atomic E-state index is 0.114. The van der Waals surface area contributed by atoms with Crippen molar-refractivity contribution >= 4 is 17.5 Å². The summed E-state index contributed by atoms with van der Waals surface area (Å²) in [5.74, 6) is 0.585. The second-order valence-electron chi connectivity index (χ2n) is 5.91. The van der Waals surface area contributed by atoms with Gasteiger partial charge in [-0.2, -0.15) is 0 Å². The molecule has 1 aromatic heterocycles. The first kappa shape index (κ1) is 15.6. The van der Waals surface area contributed by atoms with Gasteiger partial charge in [-0.25, -0.2) is 9.78 Å². The molecule has 21 heavy (non-hydrogen) atoms. The summed E-state index contributed by atoms with van der Waals surface area (Å²) in [4.78, 5) is 18.4. The molecule has 0 saturated carbocycles. The van der Waals surface area contributed by atoms with Crippen molar-refractivity contribution in [1.29, 1.82) is 0 Å². The topological polar surface area (TPSA) is 57.3 Å². The Hall–Kier alpha value is -1.78. The predicted octanol–water partition coefficient (Wildman–Crippen LogP) is 3.38. The van der Waals surface area contributed by atoms with Crippen molar-refractivity contribution in [2.75, 3.05) is 16.8 Å². The summed E-state index contributed by atoms with van der Waals surface area (Å²) in [7, 11) is 0. The van der Waals surface area contributed by atoms with Gasteiger partial charge in [0.15, 0.2) is 0 Å². The molecule has 1 aliphatic heterocycles. The van der Waals surface area contributed by atoms with Crippen LogP contribution < -0.4 is 15.5 Å². The van der Waals surface area contributed by atoms with Crippen LogP contribution in [-0.4, -0.2) is 29.6 Å². The molecule has 1 aromatic rings. The molecule has 1 fully saturated rings. The number of nitrogens with one attached hydrogen (secondary N) is 2. The van der Waals surface area contributed by atoms with E-state index < -0.39 is 0 Å². The highest BCUT2D eigenvalue weighted by molar-refractivity contribution is 5.88. The third-order valence-corrected chi connectivity index (χ3v) is 3.84. The molecule has 0 aliphatic carbocycles. The first-order valence-electron chi connectivity index (χ1n) is 7.90. The van der Waals surface area contributed by atoms with Crippen LogP contribution in [0.25, 0.3) is 0 Å². The lowest BCUT2D eigenvalue weighted by Crippen LogP contribution is -2.39. The molecule has 2 heterocycles. The fourth-order valence-electron chi connectivity index (χ4n) is 2.81. The van der Waals surface area contributed by atoms with E-state index in [-0.39, 0.29) is 12.1 Å². The summed E-state index contributed by atoms with van der Waals surface area (Å²) in [5, 5.41) is 5.53. The van der Waals surface area contributed by atoms with E-state index in [0.717, 1.165) is 18.7 Å². The lowest BCUT2D eigenvalue weighted by molar-refractivity contribution is 0.250. The van der Waals surface area contributed by atoms with E-state index in [1.165, 1.54) is 19.3 Å². The van der Waals surface area contributed by atoms with Gasteiger partial charge in [-0.05, 0) is 51.7 Å². The van der Waals surface area contributed by atoms with Crippen molar-refractivity contribution < 1.29 is 4.79 Å². The van der Waals surface area contributed by atoms with Crippen LogP contribution in [0, 0.1) is 0 Å². The molecule has 1 saturated heterocycles. The third kappa shape index (κ3) is 4.34. The Labute approximate surface area is 127 Å². The van der Waals surface area contributed by atoms with Crippen LogP contribution in [0.5, 0.6) is 0 Å². The molecule has 5 nitrogen and oxygen atoms in total. The van der Waals surface area contributed by atoms with Crippen molar-refractivity contribution in [2.45, 2.75) is 58.5 Å². The Morgan fingerprint density at radius 3 is 2.86 bits per heavy atom. The summed E-state index contributed by atoms with van der Waals surface area (Å²) in [6, 6.07) is 4.43. The van der Waals surface area contributed by atoms with E-state index in [2.05, 4.69) is 27.4 Å². The Morgan fingerprint density at radius 2 is 2.24 bits per heavy atom. The van der Waals surface area contributed by atoms with Gasteiger partial charge in [0.25, 0.3) is 0 Å². The number of urea groups is 1. The summed E-state index contributed by atoms with van der Waals surface area (Å²) >= 11 is 0. The maximum atomic E-state index is 11.6. The maximum absolute atomic E-state index is 11.6. The average Bonchev–Trinajstić information content (AvgIpc) is 2.47. The summed E-state index contributed by atoms with van der Waals surface area (Å²) < 4.78 is 0. The molecule has 0 radical (unpaired) electrons. The molecule has 0 aromatic carbocycles. The quantitative estimate of drug-likeness (QED) is 0.893. The second-order valence-corrected chi connectivity index (χ2v) is 5.91. The zero-order valence-electron chi connectivity index (χ0n) is 13.2. The number of hydrogen-bond acceptors (Lipinski definition) is 3. The van der Waals surface area contributed by atoms with E-state index in [0.29, 0.717) is 11.9 Å². The Kier molecular flexibility index (Phi) is 5.42. The minimum atomic E-state index is -0.213. The lowest BCUT2D eigenvalue weighted by atomic mass is 9.99. The lowest BCUT2D eigenvalue weighted by Gasteiger charge is -2.37. The van der Waals surface area contributed by atoms with E-state index >= 15 is 0 Å². The van der Waals surface area contributed by atoms with E-state index in [4.69, 9.17) is 0 Å². The van der Waals surface area contributed by atoms with Crippen LogP contribution in [0.4, 0.5) is 16.3 Å². The first-order valence-corrected chi connectivity index (χ1v) is 7.90.